The lowest BCUT2D eigenvalue weighted by Gasteiger charge is -2.12. The first-order valence-corrected chi connectivity index (χ1v) is 6.90. The lowest BCUT2D eigenvalue weighted by molar-refractivity contribution is 0.0550. The standard InChI is InChI=1S/C15H11BrFNO4/c1-21-14(19)11-10(8-3-5-9(16)6-4-8)7-18-13(17)12(11)15(20)22-2/h3-7H,1-2H3. The summed E-state index contributed by atoms with van der Waals surface area (Å²) in [6, 6.07) is 6.90. The Hall–Kier alpha value is -2.28. The molecule has 2 aromatic rings. The molecule has 0 saturated carbocycles. The van der Waals surface area contributed by atoms with Crippen molar-refractivity contribution in [2.75, 3.05) is 14.2 Å². The summed E-state index contributed by atoms with van der Waals surface area (Å²) in [4.78, 5) is 27.4. The van der Waals surface area contributed by atoms with Crippen LogP contribution in [0.2, 0.25) is 0 Å². The second-order valence-electron chi connectivity index (χ2n) is 4.20. The van der Waals surface area contributed by atoms with Crippen molar-refractivity contribution in [3.05, 3.63) is 52.0 Å². The number of pyridine rings is 1. The first-order valence-electron chi connectivity index (χ1n) is 6.10. The number of aromatic nitrogens is 1. The fourth-order valence-electron chi connectivity index (χ4n) is 1.94. The Kier molecular flexibility index (Phi) is 4.87. The Morgan fingerprint density at radius 1 is 1.05 bits per heavy atom. The topological polar surface area (TPSA) is 65.5 Å². The van der Waals surface area contributed by atoms with Crippen LogP contribution < -0.4 is 0 Å². The van der Waals surface area contributed by atoms with Crippen molar-refractivity contribution in [2.45, 2.75) is 0 Å². The number of hydrogen-bond donors (Lipinski definition) is 0. The first kappa shape index (κ1) is 16.1. The van der Waals surface area contributed by atoms with E-state index < -0.39 is 23.4 Å². The number of carbonyl (C=O) groups is 2. The van der Waals surface area contributed by atoms with E-state index in [1.54, 1.807) is 24.3 Å². The highest BCUT2D eigenvalue weighted by Crippen LogP contribution is 2.29. The zero-order valence-electron chi connectivity index (χ0n) is 11.7. The molecule has 0 aliphatic carbocycles. The number of hydrogen-bond acceptors (Lipinski definition) is 5. The number of esters is 2. The molecule has 0 aliphatic rings. The van der Waals surface area contributed by atoms with Crippen molar-refractivity contribution in [3.8, 4) is 11.1 Å². The number of rotatable bonds is 3. The number of ether oxygens (including phenoxy) is 2. The minimum atomic E-state index is -1.09. The molecule has 0 saturated heterocycles. The molecule has 0 bridgehead atoms. The van der Waals surface area contributed by atoms with Gasteiger partial charge in [0, 0.05) is 16.2 Å². The third kappa shape index (κ3) is 2.99. The number of methoxy groups -OCH3 is 2. The Balaban J connectivity index is 2.76. The maximum atomic E-state index is 13.9. The molecule has 5 nitrogen and oxygen atoms in total. The molecule has 0 fully saturated rings. The molecule has 0 unspecified atom stereocenters. The van der Waals surface area contributed by atoms with E-state index in [4.69, 9.17) is 0 Å². The summed E-state index contributed by atoms with van der Waals surface area (Å²) < 4.78 is 23.9. The maximum absolute atomic E-state index is 13.9. The average molecular weight is 368 g/mol. The SMILES string of the molecule is COC(=O)c1c(-c2ccc(Br)cc2)cnc(F)c1C(=O)OC. The predicted molar refractivity (Wildman–Crippen MR) is 80.0 cm³/mol. The van der Waals surface area contributed by atoms with E-state index in [0.717, 1.165) is 18.7 Å². The van der Waals surface area contributed by atoms with Crippen molar-refractivity contribution in [3.63, 3.8) is 0 Å². The molecular formula is C15H11BrFNO4. The Labute approximate surface area is 134 Å². The van der Waals surface area contributed by atoms with Crippen LogP contribution in [-0.2, 0) is 9.47 Å². The van der Waals surface area contributed by atoms with E-state index in [1.165, 1.54) is 6.20 Å². The van der Waals surface area contributed by atoms with E-state index in [2.05, 4.69) is 30.4 Å². The minimum Gasteiger partial charge on any atom is -0.465 e. The van der Waals surface area contributed by atoms with Crippen LogP contribution in [0.25, 0.3) is 11.1 Å². The number of nitrogens with zero attached hydrogens (tertiary/aromatic N) is 1. The smallest absolute Gasteiger partial charge is 0.343 e. The van der Waals surface area contributed by atoms with Gasteiger partial charge in [-0.15, -0.1) is 0 Å². The Morgan fingerprint density at radius 3 is 2.14 bits per heavy atom. The van der Waals surface area contributed by atoms with E-state index in [9.17, 15) is 14.0 Å². The van der Waals surface area contributed by atoms with Crippen LogP contribution in [0, 0.1) is 5.95 Å². The van der Waals surface area contributed by atoms with E-state index in [-0.39, 0.29) is 11.1 Å². The number of carbonyl (C=O) groups excluding carboxylic acids is 2. The van der Waals surface area contributed by atoms with E-state index in [0.29, 0.717) is 5.56 Å². The van der Waals surface area contributed by atoms with Crippen molar-refractivity contribution in [1.82, 2.24) is 4.98 Å². The second-order valence-corrected chi connectivity index (χ2v) is 5.12. The molecule has 1 aromatic heterocycles. The van der Waals surface area contributed by atoms with Crippen molar-refractivity contribution in [1.29, 1.82) is 0 Å². The van der Waals surface area contributed by atoms with Gasteiger partial charge in [0.15, 0.2) is 0 Å². The van der Waals surface area contributed by atoms with Gasteiger partial charge in [-0.3, -0.25) is 0 Å². The van der Waals surface area contributed by atoms with Gasteiger partial charge < -0.3 is 9.47 Å². The van der Waals surface area contributed by atoms with Gasteiger partial charge in [0.25, 0.3) is 0 Å². The van der Waals surface area contributed by atoms with Gasteiger partial charge in [-0.05, 0) is 17.7 Å². The van der Waals surface area contributed by atoms with Crippen LogP contribution in [0.3, 0.4) is 0 Å². The third-order valence-electron chi connectivity index (χ3n) is 2.97. The van der Waals surface area contributed by atoms with E-state index in [1.807, 2.05) is 0 Å². The first-order chi connectivity index (χ1) is 10.5. The van der Waals surface area contributed by atoms with Crippen LogP contribution in [0.4, 0.5) is 4.39 Å². The normalized spacial score (nSPS) is 10.2. The van der Waals surface area contributed by atoms with Gasteiger partial charge >= 0.3 is 11.9 Å². The predicted octanol–water partition coefficient (Wildman–Crippen LogP) is 3.22. The molecule has 0 N–H and O–H groups in total. The summed E-state index contributed by atoms with van der Waals surface area (Å²) in [6.07, 6.45) is 1.18. The van der Waals surface area contributed by atoms with Crippen LogP contribution in [0.5, 0.6) is 0 Å². The van der Waals surface area contributed by atoms with Crippen LogP contribution in [-0.4, -0.2) is 31.1 Å². The molecule has 0 spiro atoms. The highest BCUT2D eigenvalue weighted by atomic mass is 79.9. The van der Waals surface area contributed by atoms with Crippen LogP contribution in [0.1, 0.15) is 20.7 Å². The van der Waals surface area contributed by atoms with Gasteiger partial charge in [0.05, 0.1) is 19.8 Å². The largest absolute Gasteiger partial charge is 0.465 e. The van der Waals surface area contributed by atoms with Gasteiger partial charge in [-0.25, -0.2) is 14.6 Å². The molecule has 7 heteroatoms. The summed E-state index contributed by atoms with van der Waals surface area (Å²) in [7, 11) is 2.24. The number of benzene rings is 1. The van der Waals surface area contributed by atoms with Crippen LogP contribution >= 0.6 is 15.9 Å². The van der Waals surface area contributed by atoms with Gasteiger partial charge in [0.2, 0.25) is 5.95 Å². The fourth-order valence-corrected chi connectivity index (χ4v) is 2.20. The molecule has 0 aliphatic heterocycles. The second kappa shape index (κ2) is 6.65. The van der Waals surface area contributed by atoms with Gasteiger partial charge in [-0.2, -0.15) is 4.39 Å². The van der Waals surface area contributed by atoms with Gasteiger partial charge in [-0.1, -0.05) is 28.1 Å². The monoisotopic (exact) mass is 367 g/mol. The fraction of sp³-hybridized carbons (Fsp3) is 0.133. The zero-order chi connectivity index (χ0) is 16.3. The van der Waals surface area contributed by atoms with Gasteiger partial charge in [0.1, 0.15) is 5.56 Å². The lowest BCUT2D eigenvalue weighted by Crippen LogP contribution is -2.16. The van der Waals surface area contributed by atoms with Crippen molar-refractivity contribution in [2.24, 2.45) is 0 Å². The minimum absolute atomic E-state index is 0.218. The number of halogens is 2. The maximum Gasteiger partial charge on any atom is 0.343 e. The molecular weight excluding hydrogens is 357 g/mol. The molecule has 22 heavy (non-hydrogen) atoms. The summed E-state index contributed by atoms with van der Waals surface area (Å²) in [5.74, 6) is -2.93. The lowest BCUT2D eigenvalue weighted by atomic mass is 9.98. The van der Waals surface area contributed by atoms with Crippen molar-refractivity contribution < 1.29 is 23.5 Å². The quantitative estimate of drug-likeness (QED) is 0.615. The molecule has 1 aromatic carbocycles. The molecule has 0 atom stereocenters. The molecule has 2 rings (SSSR count). The Morgan fingerprint density at radius 2 is 1.59 bits per heavy atom. The highest BCUT2D eigenvalue weighted by Gasteiger charge is 2.28. The summed E-state index contributed by atoms with van der Waals surface area (Å²) in [5, 5.41) is 0. The molecule has 114 valence electrons. The van der Waals surface area contributed by atoms with Crippen molar-refractivity contribution >= 4 is 27.9 Å². The molecule has 1 heterocycles. The third-order valence-corrected chi connectivity index (χ3v) is 3.50. The Bertz CT molecular complexity index is 731. The van der Waals surface area contributed by atoms with E-state index >= 15 is 0 Å². The summed E-state index contributed by atoms with van der Waals surface area (Å²) >= 11 is 3.30. The zero-order valence-corrected chi connectivity index (χ0v) is 13.3. The van der Waals surface area contributed by atoms with Crippen LogP contribution in [0.15, 0.2) is 34.9 Å². The highest BCUT2D eigenvalue weighted by molar-refractivity contribution is 9.10. The average Bonchev–Trinajstić information content (AvgIpc) is 2.54. The summed E-state index contributed by atoms with van der Waals surface area (Å²) in [6.45, 7) is 0. The molecule has 0 amide bonds. The molecule has 0 radical (unpaired) electrons. The summed E-state index contributed by atoms with van der Waals surface area (Å²) in [5.41, 5.74) is 0.0985.